The Kier molecular flexibility index (Phi) is 2.78. The number of hydrogen-bond acceptors (Lipinski definition) is 2. The Morgan fingerprint density at radius 2 is 2.11 bits per heavy atom. The van der Waals surface area contributed by atoms with Crippen LogP contribution in [0.15, 0.2) is 18.5 Å². The third-order valence-electron chi connectivity index (χ3n) is 3.67. The second kappa shape index (κ2) is 4.44. The Hall–Kier alpha value is -1.84. The van der Waals surface area contributed by atoms with E-state index in [9.17, 15) is 4.79 Å². The standard InChI is InChI=1S/C14H17N3O/c1-10-11-5-6-15-13(11)12(9-16-10)14(18)17-7-3-2-4-8-17/h5-6,9,15H,2-4,7-8H2,1H3. The molecule has 0 saturated carbocycles. The van der Waals surface area contributed by atoms with E-state index < -0.39 is 0 Å². The topological polar surface area (TPSA) is 49.0 Å². The molecular formula is C14H17N3O. The zero-order valence-electron chi connectivity index (χ0n) is 10.6. The fourth-order valence-corrected chi connectivity index (χ4v) is 2.62. The van der Waals surface area contributed by atoms with E-state index in [0.717, 1.165) is 42.5 Å². The number of aryl methyl sites for hydroxylation is 1. The summed E-state index contributed by atoms with van der Waals surface area (Å²) in [7, 11) is 0. The molecule has 0 bridgehead atoms. The quantitative estimate of drug-likeness (QED) is 0.836. The smallest absolute Gasteiger partial charge is 0.257 e. The molecule has 1 aliphatic rings. The second-order valence-corrected chi connectivity index (χ2v) is 4.88. The number of nitrogens with one attached hydrogen (secondary N) is 1. The number of nitrogens with zero attached hydrogens (tertiary/aromatic N) is 2. The van der Waals surface area contributed by atoms with Gasteiger partial charge in [0, 0.05) is 36.6 Å². The van der Waals surface area contributed by atoms with Crippen molar-refractivity contribution in [3.63, 3.8) is 0 Å². The lowest BCUT2D eigenvalue weighted by molar-refractivity contribution is 0.0726. The average molecular weight is 243 g/mol. The molecule has 1 aliphatic heterocycles. The minimum Gasteiger partial charge on any atom is -0.360 e. The van der Waals surface area contributed by atoms with Gasteiger partial charge in [0.15, 0.2) is 0 Å². The molecule has 94 valence electrons. The van der Waals surface area contributed by atoms with Gasteiger partial charge >= 0.3 is 0 Å². The van der Waals surface area contributed by atoms with E-state index in [2.05, 4.69) is 9.97 Å². The molecule has 0 aromatic carbocycles. The van der Waals surface area contributed by atoms with Crippen LogP contribution in [0.25, 0.3) is 10.9 Å². The van der Waals surface area contributed by atoms with Crippen LogP contribution in [0.5, 0.6) is 0 Å². The van der Waals surface area contributed by atoms with Gasteiger partial charge in [0.2, 0.25) is 0 Å². The minimum atomic E-state index is 0.106. The van der Waals surface area contributed by atoms with Gasteiger partial charge < -0.3 is 9.88 Å². The summed E-state index contributed by atoms with van der Waals surface area (Å²) in [5.74, 6) is 0.106. The van der Waals surface area contributed by atoms with Crippen molar-refractivity contribution < 1.29 is 4.79 Å². The van der Waals surface area contributed by atoms with Crippen LogP contribution in [0, 0.1) is 6.92 Å². The first-order valence-electron chi connectivity index (χ1n) is 6.49. The SMILES string of the molecule is Cc1ncc(C(=O)N2CCCCC2)c2[nH]ccc12. The molecule has 0 unspecified atom stereocenters. The van der Waals surface area contributed by atoms with Crippen LogP contribution in [0.3, 0.4) is 0 Å². The molecule has 3 heterocycles. The summed E-state index contributed by atoms with van der Waals surface area (Å²) in [6.07, 6.45) is 7.02. The van der Waals surface area contributed by atoms with Gasteiger partial charge in [-0.25, -0.2) is 0 Å². The first kappa shape index (κ1) is 11.3. The highest BCUT2D eigenvalue weighted by atomic mass is 16.2. The Morgan fingerprint density at radius 1 is 1.33 bits per heavy atom. The fraction of sp³-hybridized carbons (Fsp3) is 0.429. The molecule has 0 spiro atoms. The molecule has 1 fully saturated rings. The highest BCUT2D eigenvalue weighted by Gasteiger charge is 2.21. The molecule has 1 amide bonds. The van der Waals surface area contributed by atoms with Gasteiger partial charge in [0.1, 0.15) is 0 Å². The number of aromatic nitrogens is 2. The van der Waals surface area contributed by atoms with Crippen molar-refractivity contribution in [3.05, 3.63) is 29.7 Å². The van der Waals surface area contributed by atoms with E-state index in [-0.39, 0.29) is 5.91 Å². The zero-order chi connectivity index (χ0) is 12.5. The van der Waals surface area contributed by atoms with Gasteiger partial charge in [-0.05, 0) is 32.3 Å². The van der Waals surface area contributed by atoms with Gasteiger partial charge in [-0.2, -0.15) is 0 Å². The molecular weight excluding hydrogens is 226 g/mol. The van der Waals surface area contributed by atoms with Crippen LogP contribution in [0.1, 0.15) is 35.3 Å². The molecule has 1 N–H and O–H groups in total. The maximum Gasteiger partial charge on any atom is 0.257 e. The van der Waals surface area contributed by atoms with Crippen LogP contribution in [0.4, 0.5) is 0 Å². The number of hydrogen-bond donors (Lipinski definition) is 1. The minimum absolute atomic E-state index is 0.106. The van der Waals surface area contributed by atoms with Gasteiger partial charge in [-0.3, -0.25) is 9.78 Å². The summed E-state index contributed by atoms with van der Waals surface area (Å²) >= 11 is 0. The number of aromatic amines is 1. The lowest BCUT2D eigenvalue weighted by atomic mass is 10.1. The third kappa shape index (κ3) is 1.78. The molecule has 2 aromatic rings. The Morgan fingerprint density at radius 3 is 2.89 bits per heavy atom. The van der Waals surface area contributed by atoms with E-state index in [4.69, 9.17) is 0 Å². The summed E-state index contributed by atoms with van der Waals surface area (Å²) in [4.78, 5) is 21.9. The lowest BCUT2D eigenvalue weighted by Crippen LogP contribution is -2.35. The number of carbonyl (C=O) groups is 1. The van der Waals surface area contributed by atoms with E-state index in [0.29, 0.717) is 5.56 Å². The van der Waals surface area contributed by atoms with Crippen molar-refractivity contribution in [3.8, 4) is 0 Å². The predicted molar refractivity (Wildman–Crippen MR) is 70.6 cm³/mol. The highest BCUT2D eigenvalue weighted by molar-refractivity contribution is 6.05. The van der Waals surface area contributed by atoms with Crippen molar-refractivity contribution in [1.82, 2.24) is 14.9 Å². The summed E-state index contributed by atoms with van der Waals surface area (Å²) in [5, 5.41) is 1.04. The van der Waals surface area contributed by atoms with E-state index in [1.54, 1.807) is 6.20 Å². The van der Waals surface area contributed by atoms with Gasteiger partial charge in [0.05, 0.1) is 11.1 Å². The number of piperidine rings is 1. The number of carbonyl (C=O) groups excluding carboxylic acids is 1. The largest absolute Gasteiger partial charge is 0.360 e. The number of fused-ring (bicyclic) bond motifs is 1. The highest BCUT2D eigenvalue weighted by Crippen LogP contribution is 2.21. The molecule has 1 saturated heterocycles. The third-order valence-corrected chi connectivity index (χ3v) is 3.67. The normalized spacial score (nSPS) is 16.2. The summed E-state index contributed by atoms with van der Waals surface area (Å²) in [6, 6.07) is 1.98. The molecule has 2 aromatic heterocycles. The molecule has 4 heteroatoms. The molecule has 0 atom stereocenters. The lowest BCUT2D eigenvalue weighted by Gasteiger charge is -2.26. The number of amides is 1. The van der Waals surface area contributed by atoms with E-state index >= 15 is 0 Å². The van der Waals surface area contributed by atoms with Crippen molar-refractivity contribution in [2.75, 3.05) is 13.1 Å². The molecule has 0 aliphatic carbocycles. The Labute approximate surface area is 106 Å². The summed E-state index contributed by atoms with van der Waals surface area (Å²) < 4.78 is 0. The van der Waals surface area contributed by atoms with Crippen LogP contribution < -0.4 is 0 Å². The monoisotopic (exact) mass is 243 g/mol. The Bertz CT molecular complexity index is 582. The van der Waals surface area contributed by atoms with E-state index in [1.165, 1.54) is 6.42 Å². The van der Waals surface area contributed by atoms with Crippen LogP contribution in [0.2, 0.25) is 0 Å². The van der Waals surface area contributed by atoms with Crippen LogP contribution in [-0.2, 0) is 0 Å². The number of likely N-dealkylation sites (tertiary alicyclic amines) is 1. The molecule has 18 heavy (non-hydrogen) atoms. The van der Waals surface area contributed by atoms with Crippen LogP contribution in [-0.4, -0.2) is 33.9 Å². The van der Waals surface area contributed by atoms with Gasteiger partial charge in [0.25, 0.3) is 5.91 Å². The summed E-state index contributed by atoms with van der Waals surface area (Å²) in [6.45, 7) is 3.70. The predicted octanol–water partition coefficient (Wildman–Crippen LogP) is 2.50. The second-order valence-electron chi connectivity index (χ2n) is 4.88. The number of H-pyrrole nitrogens is 1. The van der Waals surface area contributed by atoms with Gasteiger partial charge in [-0.15, -0.1) is 0 Å². The van der Waals surface area contributed by atoms with Crippen molar-refractivity contribution >= 4 is 16.8 Å². The van der Waals surface area contributed by atoms with Crippen molar-refractivity contribution in [2.24, 2.45) is 0 Å². The first-order chi connectivity index (χ1) is 8.77. The van der Waals surface area contributed by atoms with Crippen molar-refractivity contribution in [1.29, 1.82) is 0 Å². The Balaban J connectivity index is 2.00. The first-order valence-corrected chi connectivity index (χ1v) is 6.49. The molecule has 3 rings (SSSR count). The number of pyridine rings is 1. The van der Waals surface area contributed by atoms with Crippen LogP contribution >= 0.6 is 0 Å². The maximum atomic E-state index is 12.5. The van der Waals surface area contributed by atoms with E-state index in [1.807, 2.05) is 24.1 Å². The van der Waals surface area contributed by atoms with Gasteiger partial charge in [-0.1, -0.05) is 0 Å². The summed E-state index contributed by atoms with van der Waals surface area (Å²) in [5.41, 5.74) is 2.57. The fourth-order valence-electron chi connectivity index (χ4n) is 2.62. The molecule has 0 radical (unpaired) electrons. The number of rotatable bonds is 1. The zero-order valence-corrected chi connectivity index (χ0v) is 10.6. The maximum absolute atomic E-state index is 12.5. The molecule has 4 nitrogen and oxygen atoms in total. The van der Waals surface area contributed by atoms with Crippen molar-refractivity contribution in [2.45, 2.75) is 26.2 Å². The average Bonchev–Trinajstić information content (AvgIpc) is 2.90.